The number of nitrogens with two attached hydrogens (primary N) is 1. The number of hydrogen-bond donors (Lipinski definition) is 2. The van der Waals surface area contributed by atoms with Crippen LogP contribution in [-0.4, -0.2) is 5.84 Å². The average Bonchev–Trinajstić information content (AvgIpc) is 2.37. The Kier molecular flexibility index (Phi) is 4.51. The SMILES string of the molecule is Cc1ccc(C(=N)N)c(SCc2ccccc2Cl)c1. The minimum absolute atomic E-state index is 0.0988. The summed E-state index contributed by atoms with van der Waals surface area (Å²) in [5, 5.41) is 8.38. The van der Waals surface area contributed by atoms with Gasteiger partial charge < -0.3 is 5.73 Å². The monoisotopic (exact) mass is 290 g/mol. The van der Waals surface area contributed by atoms with Crippen molar-refractivity contribution in [2.45, 2.75) is 17.6 Å². The van der Waals surface area contributed by atoms with Crippen molar-refractivity contribution in [3.05, 3.63) is 64.2 Å². The van der Waals surface area contributed by atoms with Gasteiger partial charge in [0.05, 0.1) is 0 Å². The summed E-state index contributed by atoms with van der Waals surface area (Å²) < 4.78 is 0. The first-order chi connectivity index (χ1) is 9.08. The first-order valence-corrected chi connectivity index (χ1v) is 7.25. The van der Waals surface area contributed by atoms with Gasteiger partial charge >= 0.3 is 0 Å². The number of thioether (sulfide) groups is 1. The maximum Gasteiger partial charge on any atom is 0.123 e. The molecule has 0 amide bonds. The summed E-state index contributed by atoms with van der Waals surface area (Å²) in [6, 6.07) is 13.7. The Morgan fingerprint density at radius 1 is 1.26 bits per heavy atom. The minimum atomic E-state index is 0.0988. The van der Waals surface area contributed by atoms with Crippen LogP contribution in [0.1, 0.15) is 16.7 Å². The number of nitrogens with one attached hydrogen (secondary N) is 1. The quantitative estimate of drug-likeness (QED) is 0.503. The number of aryl methyl sites for hydroxylation is 1. The van der Waals surface area contributed by atoms with Gasteiger partial charge in [0, 0.05) is 21.2 Å². The lowest BCUT2D eigenvalue weighted by molar-refractivity contribution is 1.29. The van der Waals surface area contributed by atoms with Crippen LogP contribution in [0.25, 0.3) is 0 Å². The molecule has 0 heterocycles. The van der Waals surface area contributed by atoms with E-state index in [0.717, 1.165) is 32.4 Å². The molecule has 0 saturated carbocycles. The largest absolute Gasteiger partial charge is 0.384 e. The Morgan fingerprint density at radius 2 is 2.00 bits per heavy atom. The van der Waals surface area contributed by atoms with E-state index < -0.39 is 0 Å². The predicted octanol–water partition coefficient (Wildman–Crippen LogP) is 4.22. The molecule has 98 valence electrons. The highest BCUT2D eigenvalue weighted by atomic mass is 35.5. The zero-order valence-corrected chi connectivity index (χ0v) is 12.2. The van der Waals surface area contributed by atoms with E-state index in [-0.39, 0.29) is 5.84 Å². The zero-order valence-electron chi connectivity index (χ0n) is 10.6. The Bertz CT molecular complexity index is 611. The van der Waals surface area contributed by atoms with E-state index in [9.17, 15) is 0 Å². The van der Waals surface area contributed by atoms with Gasteiger partial charge in [-0.05, 0) is 36.2 Å². The number of halogens is 1. The molecule has 0 unspecified atom stereocenters. The van der Waals surface area contributed by atoms with Crippen molar-refractivity contribution in [2.24, 2.45) is 5.73 Å². The van der Waals surface area contributed by atoms with Crippen molar-refractivity contribution in [3.8, 4) is 0 Å². The molecule has 0 aliphatic heterocycles. The Balaban J connectivity index is 2.22. The van der Waals surface area contributed by atoms with Gasteiger partial charge in [0.25, 0.3) is 0 Å². The molecule has 0 aliphatic rings. The van der Waals surface area contributed by atoms with Crippen molar-refractivity contribution in [1.29, 1.82) is 5.41 Å². The summed E-state index contributed by atoms with van der Waals surface area (Å²) >= 11 is 7.80. The lowest BCUT2D eigenvalue weighted by Gasteiger charge is -2.10. The third kappa shape index (κ3) is 3.52. The first-order valence-electron chi connectivity index (χ1n) is 5.89. The minimum Gasteiger partial charge on any atom is -0.384 e. The Labute approximate surface area is 122 Å². The second-order valence-electron chi connectivity index (χ2n) is 4.29. The maximum absolute atomic E-state index is 7.61. The Morgan fingerprint density at radius 3 is 2.68 bits per heavy atom. The van der Waals surface area contributed by atoms with Crippen LogP contribution < -0.4 is 5.73 Å². The van der Waals surface area contributed by atoms with Gasteiger partial charge in [-0.1, -0.05) is 35.9 Å². The van der Waals surface area contributed by atoms with E-state index in [1.165, 1.54) is 0 Å². The van der Waals surface area contributed by atoms with Crippen LogP contribution in [0.3, 0.4) is 0 Å². The maximum atomic E-state index is 7.61. The summed E-state index contributed by atoms with van der Waals surface area (Å²) in [6.45, 7) is 2.03. The zero-order chi connectivity index (χ0) is 13.8. The third-order valence-corrected chi connectivity index (χ3v) is 4.24. The van der Waals surface area contributed by atoms with Crippen LogP contribution in [0, 0.1) is 12.3 Å². The lowest BCUT2D eigenvalue weighted by Crippen LogP contribution is -2.12. The molecule has 2 aromatic carbocycles. The van der Waals surface area contributed by atoms with E-state index in [1.807, 2.05) is 43.3 Å². The highest BCUT2D eigenvalue weighted by Crippen LogP contribution is 2.29. The average molecular weight is 291 g/mol. The summed E-state index contributed by atoms with van der Waals surface area (Å²) in [5.74, 6) is 0.866. The second kappa shape index (κ2) is 6.13. The molecule has 0 bridgehead atoms. The fourth-order valence-corrected chi connectivity index (χ4v) is 3.19. The van der Waals surface area contributed by atoms with Crippen LogP contribution in [0.15, 0.2) is 47.4 Å². The molecular weight excluding hydrogens is 276 g/mol. The van der Waals surface area contributed by atoms with Crippen LogP contribution in [-0.2, 0) is 5.75 Å². The van der Waals surface area contributed by atoms with E-state index in [4.69, 9.17) is 22.7 Å². The van der Waals surface area contributed by atoms with Crippen molar-refractivity contribution in [2.75, 3.05) is 0 Å². The summed E-state index contributed by atoms with van der Waals surface area (Å²) in [5.41, 5.74) is 8.63. The smallest absolute Gasteiger partial charge is 0.123 e. The van der Waals surface area contributed by atoms with Gasteiger partial charge in [-0.2, -0.15) is 0 Å². The van der Waals surface area contributed by atoms with Gasteiger partial charge in [0.1, 0.15) is 5.84 Å². The second-order valence-corrected chi connectivity index (χ2v) is 5.72. The molecule has 0 atom stereocenters. The van der Waals surface area contributed by atoms with E-state index in [1.54, 1.807) is 11.8 Å². The molecule has 3 N–H and O–H groups in total. The number of nitrogen functional groups attached to an aromatic ring is 1. The van der Waals surface area contributed by atoms with E-state index >= 15 is 0 Å². The number of amidine groups is 1. The summed E-state index contributed by atoms with van der Waals surface area (Å²) in [4.78, 5) is 1.02. The lowest BCUT2D eigenvalue weighted by atomic mass is 10.1. The molecule has 0 aliphatic carbocycles. The molecule has 0 fully saturated rings. The molecule has 0 saturated heterocycles. The van der Waals surface area contributed by atoms with Gasteiger partial charge in [-0.3, -0.25) is 5.41 Å². The van der Waals surface area contributed by atoms with Crippen LogP contribution in [0.2, 0.25) is 5.02 Å². The normalized spacial score (nSPS) is 10.4. The fraction of sp³-hybridized carbons (Fsp3) is 0.133. The van der Waals surface area contributed by atoms with Crippen LogP contribution in [0.5, 0.6) is 0 Å². The fourth-order valence-electron chi connectivity index (χ4n) is 1.74. The van der Waals surface area contributed by atoms with Crippen molar-refractivity contribution >= 4 is 29.2 Å². The molecule has 2 nitrogen and oxygen atoms in total. The summed E-state index contributed by atoms with van der Waals surface area (Å²) in [7, 11) is 0. The molecule has 2 aromatic rings. The van der Waals surface area contributed by atoms with Crippen molar-refractivity contribution in [1.82, 2.24) is 0 Å². The van der Waals surface area contributed by atoms with Crippen molar-refractivity contribution < 1.29 is 0 Å². The molecule has 2 rings (SSSR count). The molecular formula is C15H15ClN2S. The summed E-state index contributed by atoms with van der Waals surface area (Å²) in [6.07, 6.45) is 0. The van der Waals surface area contributed by atoms with E-state index in [2.05, 4.69) is 6.07 Å². The number of hydrogen-bond acceptors (Lipinski definition) is 2. The molecule has 19 heavy (non-hydrogen) atoms. The molecule has 0 radical (unpaired) electrons. The van der Waals surface area contributed by atoms with Gasteiger partial charge in [-0.15, -0.1) is 11.8 Å². The molecule has 4 heteroatoms. The highest BCUT2D eigenvalue weighted by Gasteiger charge is 2.07. The van der Waals surface area contributed by atoms with Crippen LogP contribution >= 0.6 is 23.4 Å². The van der Waals surface area contributed by atoms with Crippen LogP contribution in [0.4, 0.5) is 0 Å². The van der Waals surface area contributed by atoms with Gasteiger partial charge in [0.2, 0.25) is 0 Å². The number of rotatable bonds is 4. The molecule has 0 spiro atoms. The standard InChI is InChI=1S/C15H15ClN2S/c1-10-6-7-12(15(17)18)14(8-10)19-9-11-4-2-3-5-13(11)16/h2-8H,9H2,1H3,(H3,17,18). The first kappa shape index (κ1) is 14.0. The highest BCUT2D eigenvalue weighted by molar-refractivity contribution is 7.98. The topological polar surface area (TPSA) is 49.9 Å². The third-order valence-electron chi connectivity index (χ3n) is 2.77. The molecule has 0 aromatic heterocycles. The van der Waals surface area contributed by atoms with Gasteiger partial charge in [0.15, 0.2) is 0 Å². The Hall–Kier alpha value is -1.45. The van der Waals surface area contributed by atoms with Crippen molar-refractivity contribution in [3.63, 3.8) is 0 Å². The van der Waals surface area contributed by atoms with E-state index in [0.29, 0.717) is 0 Å². The number of benzene rings is 2. The predicted molar refractivity (Wildman–Crippen MR) is 83.2 cm³/mol. The van der Waals surface area contributed by atoms with Gasteiger partial charge in [-0.25, -0.2) is 0 Å².